The van der Waals surface area contributed by atoms with Gasteiger partial charge < -0.3 is 14.8 Å². The average molecular weight is 402 g/mol. The van der Waals surface area contributed by atoms with Crippen molar-refractivity contribution >= 4 is 34.8 Å². The Morgan fingerprint density at radius 2 is 1.44 bits per heavy atom. The molecule has 0 radical (unpaired) electrons. The molecular formula is C21H17Cl2NO3. The number of para-hydroxylation sites is 1. The van der Waals surface area contributed by atoms with Crippen molar-refractivity contribution in [2.75, 3.05) is 18.5 Å². The lowest BCUT2D eigenvalue weighted by Gasteiger charge is -2.10. The van der Waals surface area contributed by atoms with E-state index in [0.717, 1.165) is 5.75 Å². The second-order valence-electron chi connectivity index (χ2n) is 5.61. The fourth-order valence-electron chi connectivity index (χ4n) is 2.34. The van der Waals surface area contributed by atoms with E-state index in [2.05, 4.69) is 5.32 Å². The first-order chi connectivity index (χ1) is 13.1. The molecule has 0 fully saturated rings. The van der Waals surface area contributed by atoms with Crippen molar-refractivity contribution < 1.29 is 14.3 Å². The number of carbonyl (C=O) groups excluding carboxylic acids is 1. The van der Waals surface area contributed by atoms with Crippen molar-refractivity contribution in [3.05, 3.63) is 88.4 Å². The predicted octanol–water partition coefficient (Wildman–Crippen LogP) is 5.70. The number of nitrogens with one attached hydrogen (secondary N) is 1. The molecule has 3 aromatic carbocycles. The topological polar surface area (TPSA) is 47.6 Å². The zero-order chi connectivity index (χ0) is 19.1. The minimum Gasteiger partial charge on any atom is -0.490 e. The number of ether oxygens (including phenoxy) is 2. The highest BCUT2D eigenvalue weighted by Crippen LogP contribution is 2.23. The molecule has 0 saturated carbocycles. The molecule has 6 heteroatoms. The van der Waals surface area contributed by atoms with Gasteiger partial charge in [-0.2, -0.15) is 0 Å². The summed E-state index contributed by atoms with van der Waals surface area (Å²) in [5.74, 6) is 1.19. The Morgan fingerprint density at radius 3 is 2.07 bits per heavy atom. The zero-order valence-corrected chi connectivity index (χ0v) is 15.8. The van der Waals surface area contributed by atoms with Crippen LogP contribution in [-0.2, 0) is 0 Å². The third-order valence-corrected chi connectivity index (χ3v) is 4.20. The molecule has 0 aromatic heterocycles. The van der Waals surface area contributed by atoms with Crippen LogP contribution in [0.5, 0.6) is 11.5 Å². The number of anilines is 1. The Bertz CT molecular complexity index is 899. The van der Waals surface area contributed by atoms with E-state index in [1.807, 2.05) is 30.3 Å². The summed E-state index contributed by atoms with van der Waals surface area (Å²) in [6, 6.07) is 21.4. The maximum absolute atomic E-state index is 12.3. The van der Waals surface area contributed by atoms with Gasteiger partial charge in [0.2, 0.25) is 0 Å². The van der Waals surface area contributed by atoms with Crippen LogP contribution >= 0.6 is 23.2 Å². The average Bonchev–Trinajstić information content (AvgIpc) is 2.67. The zero-order valence-electron chi connectivity index (χ0n) is 14.3. The molecule has 138 valence electrons. The van der Waals surface area contributed by atoms with Gasteiger partial charge in [0.1, 0.15) is 24.7 Å². The molecule has 0 saturated heterocycles. The summed E-state index contributed by atoms with van der Waals surface area (Å²) in [5.41, 5.74) is 0.998. The standard InChI is InChI=1S/C21H17Cl2NO3/c22-15-6-11-19(20(23)14-15)21(25)24-16-7-9-18(10-8-16)27-13-12-26-17-4-2-1-3-5-17/h1-11,14H,12-13H2,(H,24,25). The van der Waals surface area contributed by atoms with Gasteiger partial charge in [0.15, 0.2) is 0 Å². The third-order valence-electron chi connectivity index (χ3n) is 3.65. The van der Waals surface area contributed by atoms with E-state index in [9.17, 15) is 4.79 Å². The normalized spacial score (nSPS) is 10.3. The van der Waals surface area contributed by atoms with E-state index >= 15 is 0 Å². The lowest BCUT2D eigenvalue weighted by Crippen LogP contribution is -2.12. The number of benzene rings is 3. The van der Waals surface area contributed by atoms with Gasteiger partial charge in [-0.1, -0.05) is 41.4 Å². The van der Waals surface area contributed by atoms with Crippen molar-refractivity contribution in [3.8, 4) is 11.5 Å². The van der Waals surface area contributed by atoms with Crippen LogP contribution in [0.4, 0.5) is 5.69 Å². The van der Waals surface area contributed by atoms with E-state index < -0.39 is 0 Å². The molecule has 1 N–H and O–H groups in total. The fraction of sp³-hybridized carbons (Fsp3) is 0.0952. The number of amides is 1. The van der Waals surface area contributed by atoms with Crippen LogP contribution in [-0.4, -0.2) is 19.1 Å². The highest BCUT2D eigenvalue weighted by atomic mass is 35.5. The Labute approximate surface area is 167 Å². The van der Waals surface area contributed by atoms with Gasteiger partial charge in [-0.3, -0.25) is 4.79 Å². The molecule has 0 atom stereocenters. The first-order valence-electron chi connectivity index (χ1n) is 8.29. The molecule has 27 heavy (non-hydrogen) atoms. The lowest BCUT2D eigenvalue weighted by molar-refractivity contribution is 0.102. The third kappa shape index (κ3) is 5.64. The van der Waals surface area contributed by atoms with Crippen molar-refractivity contribution in [2.45, 2.75) is 0 Å². The van der Waals surface area contributed by atoms with Gasteiger partial charge >= 0.3 is 0 Å². The Kier molecular flexibility index (Phi) is 6.58. The van der Waals surface area contributed by atoms with Crippen LogP contribution in [0.25, 0.3) is 0 Å². The van der Waals surface area contributed by atoms with Crippen LogP contribution in [0.1, 0.15) is 10.4 Å². The summed E-state index contributed by atoms with van der Waals surface area (Å²) in [7, 11) is 0. The quantitative estimate of drug-likeness (QED) is 0.516. The van der Waals surface area contributed by atoms with Crippen LogP contribution in [0, 0.1) is 0 Å². The van der Waals surface area contributed by atoms with E-state index in [-0.39, 0.29) is 5.91 Å². The molecule has 0 aliphatic rings. The largest absolute Gasteiger partial charge is 0.490 e. The van der Waals surface area contributed by atoms with Crippen molar-refractivity contribution in [2.24, 2.45) is 0 Å². The molecule has 4 nitrogen and oxygen atoms in total. The molecule has 0 bridgehead atoms. The van der Waals surface area contributed by atoms with Gasteiger partial charge in [-0.05, 0) is 54.6 Å². The molecular weight excluding hydrogens is 385 g/mol. The van der Waals surface area contributed by atoms with Gasteiger partial charge in [0.05, 0.1) is 10.6 Å². The second-order valence-corrected chi connectivity index (χ2v) is 6.46. The van der Waals surface area contributed by atoms with E-state index in [4.69, 9.17) is 32.7 Å². The molecule has 0 aliphatic heterocycles. The second kappa shape index (κ2) is 9.31. The minimum absolute atomic E-state index is 0.304. The van der Waals surface area contributed by atoms with E-state index in [1.165, 1.54) is 6.07 Å². The number of hydrogen-bond acceptors (Lipinski definition) is 3. The SMILES string of the molecule is O=C(Nc1ccc(OCCOc2ccccc2)cc1)c1ccc(Cl)cc1Cl. The first-order valence-corrected chi connectivity index (χ1v) is 9.04. The summed E-state index contributed by atoms with van der Waals surface area (Å²) in [6.45, 7) is 0.860. The number of hydrogen-bond donors (Lipinski definition) is 1. The van der Waals surface area contributed by atoms with Crippen LogP contribution in [0.2, 0.25) is 10.0 Å². The van der Waals surface area contributed by atoms with Crippen LogP contribution < -0.4 is 14.8 Å². The molecule has 0 aliphatic carbocycles. The number of rotatable bonds is 7. The highest BCUT2D eigenvalue weighted by Gasteiger charge is 2.11. The molecule has 0 heterocycles. The summed E-state index contributed by atoms with van der Waals surface area (Å²) < 4.78 is 11.2. The Balaban J connectivity index is 1.49. The van der Waals surface area contributed by atoms with Gasteiger partial charge in [-0.25, -0.2) is 0 Å². The van der Waals surface area contributed by atoms with Gasteiger partial charge in [-0.15, -0.1) is 0 Å². The molecule has 0 spiro atoms. The fourth-order valence-corrected chi connectivity index (χ4v) is 2.84. The highest BCUT2D eigenvalue weighted by molar-refractivity contribution is 6.37. The Morgan fingerprint density at radius 1 is 0.815 bits per heavy atom. The monoisotopic (exact) mass is 401 g/mol. The van der Waals surface area contributed by atoms with Gasteiger partial charge in [0.25, 0.3) is 5.91 Å². The summed E-state index contributed by atoms with van der Waals surface area (Å²) in [5, 5.41) is 3.57. The van der Waals surface area contributed by atoms with Gasteiger partial charge in [0, 0.05) is 10.7 Å². The van der Waals surface area contributed by atoms with Crippen LogP contribution in [0.15, 0.2) is 72.8 Å². The number of carbonyl (C=O) groups is 1. The Hall–Kier alpha value is -2.69. The maximum Gasteiger partial charge on any atom is 0.257 e. The molecule has 0 unspecified atom stereocenters. The maximum atomic E-state index is 12.3. The minimum atomic E-state index is -0.304. The van der Waals surface area contributed by atoms with E-state index in [1.54, 1.807) is 36.4 Å². The molecule has 3 aromatic rings. The number of halogens is 2. The van der Waals surface area contributed by atoms with Crippen molar-refractivity contribution in [1.82, 2.24) is 0 Å². The molecule has 1 amide bonds. The smallest absolute Gasteiger partial charge is 0.257 e. The lowest BCUT2D eigenvalue weighted by atomic mass is 10.2. The van der Waals surface area contributed by atoms with Crippen LogP contribution in [0.3, 0.4) is 0 Å². The summed E-state index contributed by atoms with van der Waals surface area (Å²) in [6.07, 6.45) is 0. The van der Waals surface area contributed by atoms with E-state index in [0.29, 0.717) is 40.3 Å². The van der Waals surface area contributed by atoms with Crippen molar-refractivity contribution in [1.29, 1.82) is 0 Å². The summed E-state index contributed by atoms with van der Waals surface area (Å²) in [4.78, 5) is 12.3. The predicted molar refractivity (Wildman–Crippen MR) is 108 cm³/mol. The van der Waals surface area contributed by atoms with Crippen molar-refractivity contribution in [3.63, 3.8) is 0 Å². The first kappa shape index (κ1) is 19.1. The molecule has 3 rings (SSSR count). The summed E-state index contributed by atoms with van der Waals surface area (Å²) >= 11 is 11.9.